The number of benzene rings is 1. The van der Waals surface area contributed by atoms with E-state index in [1.165, 1.54) is 30.5 Å². The van der Waals surface area contributed by atoms with E-state index in [4.69, 9.17) is 9.84 Å². The molecule has 10 nitrogen and oxygen atoms in total. The first-order chi connectivity index (χ1) is 13.9. The number of nitrogens with zero attached hydrogens (tertiary/aromatic N) is 2. The van der Waals surface area contributed by atoms with Crippen molar-refractivity contribution in [3.05, 3.63) is 72.5 Å². The Morgan fingerprint density at radius 3 is 2.55 bits per heavy atom. The highest BCUT2D eigenvalue weighted by molar-refractivity contribution is 5.45. The fraction of sp³-hybridized carbons (Fsp3) is 0.263. The van der Waals surface area contributed by atoms with Gasteiger partial charge < -0.3 is 14.9 Å². The van der Waals surface area contributed by atoms with E-state index in [9.17, 15) is 24.8 Å². The van der Waals surface area contributed by atoms with Crippen LogP contribution in [0.1, 0.15) is 23.8 Å². The minimum absolute atomic E-state index is 0.0341. The number of nitro groups is 1. The van der Waals surface area contributed by atoms with E-state index in [0.29, 0.717) is 5.56 Å². The zero-order valence-corrected chi connectivity index (χ0v) is 14.9. The lowest BCUT2D eigenvalue weighted by Gasteiger charge is -2.14. The Hall–Kier alpha value is -3.70. The average Bonchev–Trinajstić information content (AvgIpc) is 3.07. The first-order valence-electron chi connectivity index (χ1n) is 8.45. The summed E-state index contributed by atoms with van der Waals surface area (Å²) in [6.45, 7) is -0.402. The minimum Gasteiger partial charge on any atom is -0.394 e. The Morgan fingerprint density at radius 2 is 1.93 bits per heavy atom. The summed E-state index contributed by atoms with van der Waals surface area (Å²) < 4.78 is 6.50. The first-order valence-corrected chi connectivity index (χ1v) is 8.45. The number of nitro benzene ring substituents is 1. The van der Waals surface area contributed by atoms with Gasteiger partial charge in [0.05, 0.1) is 17.6 Å². The molecule has 0 amide bonds. The van der Waals surface area contributed by atoms with Crippen molar-refractivity contribution in [3.8, 4) is 23.7 Å². The summed E-state index contributed by atoms with van der Waals surface area (Å²) in [5.41, 5.74) is -1.01. The molecule has 1 fully saturated rings. The lowest BCUT2D eigenvalue weighted by atomic mass is 10.2. The molecule has 0 saturated carbocycles. The molecule has 2 aromatic rings. The molecule has 29 heavy (non-hydrogen) atoms. The second-order valence-corrected chi connectivity index (χ2v) is 6.13. The Labute approximate surface area is 163 Å². The number of ether oxygens (including phenoxy) is 1. The quantitative estimate of drug-likeness (QED) is 0.359. The molecule has 0 bridgehead atoms. The molecule has 0 unspecified atom stereocenters. The second-order valence-electron chi connectivity index (χ2n) is 6.13. The van der Waals surface area contributed by atoms with Crippen molar-refractivity contribution >= 4 is 5.69 Å². The van der Waals surface area contributed by atoms with Crippen molar-refractivity contribution in [2.24, 2.45) is 0 Å². The zero-order chi connectivity index (χ0) is 21.0. The molecule has 148 valence electrons. The van der Waals surface area contributed by atoms with E-state index in [-0.39, 0.29) is 17.7 Å². The van der Waals surface area contributed by atoms with Gasteiger partial charge in [0.25, 0.3) is 11.2 Å². The van der Waals surface area contributed by atoms with Crippen LogP contribution < -0.4 is 11.2 Å². The summed E-state index contributed by atoms with van der Waals surface area (Å²) in [4.78, 5) is 36.2. The molecule has 1 aliphatic heterocycles. The van der Waals surface area contributed by atoms with Gasteiger partial charge in [0.15, 0.2) is 0 Å². The van der Waals surface area contributed by atoms with Gasteiger partial charge in [0.2, 0.25) is 0 Å². The number of non-ortho nitro benzene ring substituents is 1. The van der Waals surface area contributed by atoms with Gasteiger partial charge in [-0.25, -0.2) is 4.79 Å². The number of aromatic amines is 1. The van der Waals surface area contributed by atoms with Crippen LogP contribution in [-0.2, 0) is 4.74 Å². The monoisotopic (exact) mass is 397 g/mol. The van der Waals surface area contributed by atoms with Crippen LogP contribution in [0.15, 0.2) is 40.1 Å². The smallest absolute Gasteiger partial charge is 0.330 e. The topological polar surface area (TPSA) is 148 Å². The van der Waals surface area contributed by atoms with Gasteiger partial charge >= 0.3 is 5.69 Å². The Bertz CT molecular complexity index is 1160. The summed E-state index contributed by atoms with van der Waals surface area (Å²) in [5, 5.41) is 29.6. The highest BCUT2D eigenvalue weighted by Gasteiger charge is 2.35. The van der Waals surface area contributed by atoms with E-state index in [1.54, 1.807) is 0 Å². The van der Waals surface area contributed by atoms with Gasteiger partial charge in [0, 0.05) is 30.3 Å². The largest absolute Gasteiger partial charge is 0.394 e. The van der Waals surface area contributed by atoms with Crippen LogP contribution in [0.5, 0.6) is 0 Å². The predicted octanol–water partition coefficient (Wildman–Crippen LogP) is -0.511. The number of aliphatic hydroxyl groups excluding tert-OH is 2. The molecule has 0 aliphatic carbocycles. The van der Waals surface area contributed by atoms with Crippen LogP contribution in [0.3, 0.4) is 0 Å². The maximum absolute atomic E-state index is 12.0. The van der Waals surface area contributed by atoms with Crippen molar-refractivity contribution < 1.29 is 19.9 Å². The first kappa shape index (κ1) is 20.0. The molecule has 2 heterocycles. The van der Waals surface area contributed by atoms with Gasteiger partial charge in [-0.2, -0.15) is 0 Å². The number of aliphatic hydroxyl groups is 2. The molecular formula is C19H15N3O7. The number of nitrogens with one attached hydrogen (secondary N) is 1. The van der Waals surface area contributed by atoms with E-state index in [1.807, 2.05) is 0 Å². The summed E-state index contributed by atoms with van der Waals surface area (Å²) in [5.74, 6) is 10.2. The third kappa shape index (κ3) is 4.59. The predicted molar refractivity (Wildman–Crippen MR) is 99.8 cm³/mol. The molecule has 1 aromatic heterocycles. The third-order valence-corrected chi connectivity index (χ3v) is 4.21. The number of H-pyrrole nitrogens is 1. The standard InChI is InChI=1S/C19H15N3O7/c23-11-16-15(24)9-17(29-16)21-10-13(18(25)20-19(21)26)4-2-1-3-12-5-7-14(8-6-12)22(27)28/h5-8,10,15-17,23-24H,9,11H2,(H,20,25,26)/t15-,16+,17+/m0/s1. The van der Waals surface area contributed by atoms with E-state index < -0.39 is 41.2 Å². The Kier molecular flexibility index (Phi) is 5.90. The van der Waals surface area contributed by atoms with Crippen LogP contribution in [0.2, 0.25) is 0 Å². The van der Waals surface area contributed by atoms with Gasteiger partial charge in [-0.15, -0.1) is 0 Å². The van der Waals surface area contributed by atoms with Gasteiger partial charge in [-0.1, -0.05) is 5.92 Å². The molecule has 3 atom stereocenters. The van der Waals surface area contributed by atoms with E-state index >= 15 is 0 Å². The molecule has 0 spiro atoms. The molecule has 10 heteroatoms. The Morgan fingerprint density at radius 1 is 1.24 bits per heavy atom. The second kappa shape index (κ2) is 8.54. The third-order valence-electron chi connectivity index (χ3n) is 4.21. The number of hydrogen-bond acceptors (Lipinski definition) is 7. The van der Waals surface area contributed by atoms with Crippen molar-refractivity contribution in [2.75, 3.05) is 6.61 Å². The van der Waals surface area contributed by atoms with Crippen molar-refractivity contribution in [1.82, 2.24) is 9.55 Å². The van der Waals surface area contributed by atoms with Crippen LogP contribution in [0, 0.1) is 33.8 Å². The van der Waals surface area contributed by atoms with Gasteiger partial charge in [0.1, 0.15) is 17.9 Å². The van der Waals surface area contributed by atoms with Crippen LogP contribution in [0.25, 0.3) is 0 Å². The van der Waals surface area contributed by atoms with Crippen LogP contribution in [0.4, 0.5) is 5.69 Å². The lowest BCUT2D eigenvalue weighted by Crippen LogP contribution is -2.33. The normalized spacial score (nSPS) is 20.3. The molecule has 1 saturated heterocycles. The molecule has 1 aliphatic rings. The lowest BCUT2D eigenvalue weighted by molar-refractivity contribution is -0.384. The van der Waals surface area contributed by atoms with Crippen molar-refractivity contribution in [2.45, 2.75) is 24.9 Å². The molecular weight excluding hydrogens is 382 g/mol. The van der Waals surface area contributed by atoms with Crippen molar-refractivity contribution in [1.29, 1.82) is 0 Å². The molecule has 1 aromatic carbocycles. The maximum Gasteiger partial charge on any atom is 0.330 e. The number of hydrogen-bond donors (Lipinski definition) is 3. The SMILES string of the molecule is O=c1[nH]c(=O)n([C@H]2C[C@H](O)[C@@H](CO)O2)cc1C#CC#Cc1ccc([N+](=O)[O-])cc1. The maximum atomic E-state index is 12.0. The summed E-state index contributed by atoms with van der Waals surface area (Å²) >= 11 is 0. The number of aromatic nitrogens is 2. The fourth-order valence-electron chi connectivity index (χ4n) is 2.71. The highest BCUT2D eigenvalue weighted by Crippen LogP contribution is 2.27. The van der Waals surface area contributed by atoms with Crippen LogP contribution >= 0.6 is 0 Å². The zero-order valence-electron chi connectivity index (χ0n) is 14.9. The minimum atomic E-state index is -0.939. The van der Waals surface area contributed by atoms with Gasteiger partial charge in [-0.05, 0) is 29.9 Å². The molecule has 0 radical (unpaired) electrons. The summed E-state index contributed by atoms with van der Waals surface area (Å²) in [7, 11) is 0. The van der Waals surface area contributed by atoms with Crippen LogP contribution in [-0.4, -0.2) is 43.5 Å². The molecule has 3 N–H and O–H groups in total. The highest BCUT2D eigenvalue weighted by atomic mass is 16.6. The van der Waals surface area contributed by atoms with Gasteiger partial charge in [-0.3, -0.25) is 24.5 Å². The van der Waals surface area contributed by atoms with E-state index in [2.05, 4.69) is 28.7 Å². The number of rotatable bonds is 3. The summed E-state index contributed by atoms with van der Waals surface area (Å²) in [6, 6.07) is 5.57. The Balaban J connectivity index is 1.82. The van der Waals surface area contributed by atoms with E-state index in [0.717, 1.165) is 4.57 Å². The average molecular weight is 397 g/mol. The fourth-order valence-corrected chi connectivity index (χ4v) is 2.71. The van der Waals surface area contributed by atoms with Crippen molar-refractivity contribution in [3.63, 3.8) is 0 Å². The summed E-state index contributed by atoms with van der Waals surface area (Å²) in [6.07, 6.45) is -1.33. The molecule has 3 rings (SSSR count).